The topological polar surface area (TPSA) is 59.0 Å². The normalized spacial score (nSPS) is 12.5. The van der Waals surface area contributed by atoms with Crippen LogP contribution in [0, 0.1) is 13.8 Å². The van der Waals surface area contributed by atoms with Crippen molar-refractivity contribution in [2.24, 2.45) is 7.05 Å². The highest BCUT2D eigenvalue weighted by Crippen LogP contribution is 2.10. The molecule has 18 heavy (non-hydrogen) atoms. The molecule has 0 aliphatic carbocycles. The lowest BCUT2D eigenvalue weighted by atomic mass is 10.2. The molecule has 0 bridgehead atoms. The van der Waals surface area contributed by atoms with E-state index in [0.29, 0.717) is 19.1 Å². The second-order valence-electron chi connectivity index (χ2n) is 4.74. The van der Waals surface area contributed by atoms with E-state index in [2.05, 4.69) is 29.6 Å². The van der Waals surface area contributed by atoms with Crippen LogP contribution in [-0.4, -0.2) is 28.3 Å². The molecule has 0 spiro atoms. The van der Waals surface area contributed by atoms with Crippen molar-refractivity contribution in [2.45, 2.75) is 46.7 Å². The van der Waals surface area contributed by atoms with Gasteiger partial charge in [0.15, 0.2) is 0 Å². The molecule has 1 unspecified atom stereocenters. The van der Waals surface area contributed by atoms with Gasteiger partial charge in [0.05, 0.1) is 12.2 Å². The minimum atomic E-state index is 0.0259. The van der Waals surface area contributed by atoms with Gasteiger partial charge in [0, 0.05) is 30.9 Å². The van der Waals surface area contributed by atoms with E-state index in [0.717, 1.165) is 23.4 Å². The van der Waals surface area contributed by atoms with E-state index in [1.807, 2.05) is 25.6 Å². The maximum Gasteiger partial charge on any atom is 0.234 e. The van der Waals surface area contributed by atoms with Gasteiger partial charge in [-0.3, -0.25) is 9.48 Å². The highest BCUT2D eigenvalue weighted by atomic mass is 16.1. The number of aryl methyl sites for hydroxylation is 2. The van der Waals surface area contributed by atoms with Crippen LogP contribution in [0.15, 0.2) is 0 Å². The number of aromatic nitrogens is 2. The molecule has 1 aromatic heterocycles. The molecular weight excluding hydrogens is 228 g/mol. The second-order valence-corrected chi connectivity index (χ2v) is 4.74. The van der Waals surface area contributed by atoms with E-state index in [4.69, 9.17) is 0 Å². The molecule has 0 aromatic carbocycles. The van der Waals surface area contributed by atoms with Crippen LogP contribution in [0.25, 0.3) is 0 Å². The number of hydrogen-bond acceptors (Lipinski definition) is 3. The van der Waals surface area contributed by atoms with Gasteiger partial charge in [0.2, 0.25) is 5.91 Å². The third-order valence-electron chi connectivity index (χ3n) is 3.34. The lowest BCUT2D eigenvalue weighted by molar-refractivity contribution is -0.120. The summed E-state index contributed by atoms with van der Waals surface area (Å²) in [7, 11) is 1.91. The molecule has 0 fully saturated rings. The SMILES string of the molecule is CCC(C)NCC(=O)NCc1c(C)nn(C)c1C. The second kappa shape index (κ2) is 6.54. The number of carbonyl (C=O) groups excluding carboxylic acids is 1. The summed E-state index contributed by atoms with van der Waals surface area (Å²) >= 11 is 0. The summed E-state index contributed by atoms with van der Waals surface area (Å²) < 4.78 is 1.84. The zero-order valence-electron chi connectivity index (χ0n) is 12.0. The van der Waals surface area contributed by atoms with Gasteiger partial charge in [-0.25, -0.2) is 0 Å². The predicted molar refractivity (Wildman–Crippen MR) is 72.3 cm³/mol. The Bertz CT molecular complexity index is 411. The molecule has 1 atom stereocenters. The molecule has 0 aliphatic heterocycles. The summed E-state index contributed by atoms with van der Waals surface area (Å²) in [6, 6.07) is 0.373. The molecule has 0 radical (unpaired) electrons. The van der Waals surface area contributed by atoms with Crippen LogP contribution in [0.5, 0.6) is 0 Å². The summed E-state index contributed by atoms with van der Waals surface area (Å²) in [6.45, 7) is 9.06. The Morgan fingerprint density at radius 2 is 2.11 bits per heavy atom. The molecular formula is C13H24N4O. The smallest absolute Gasteiger partial charge is 0.234 e. The average molecular weight is 252 g/mol. The van der Waals surface area contributed by atoms with Crippen molar-refractivity contribution in [1.82, 2.24) is 20.4 Å². The lowest BCUT2D eigenvalue weighted by Crippen LogP contribution is -2.37. The third kappa shape index (κ3) is 3.84. The molecule has 5 heteroatoms. The van der Waals surface area contributed by atoms with Crippen molar-refractivity contribution >= 4 is 5.91 Å². The maximum atomic E-state index is 11.7. The fourth-order valence-corrected chi connectivity index (χ4v) is 1.73. The van der Waals surface area contributed by atoms with E-state index in [1.165, 1.54) is 0 Å². The molecule has 1 aromatic rings. The molecule has 0 saturated carbocycles. The van der Waals surface area contributed by atoms with Gasteiger partial charge in [-0.1, -0.05) is 6.92 Å². The highest BCUT2D eigenvalue weighted by molar-refractivity contribution is 5.78. The van der Waals surface area contributed by atoms with Crippen LogP contribution in [0.3, 0.4) is 0 Å². The number of amides is 1. The first-order valence-electron chi connectivity index (χ1n) is 6.44. The van der Waals surface area contributed by atoms with Gasteiger partial charge < -0.3 is 10.6 Å². The first-order valence-corrected chi connectivity index (χ1v) is 6.44. The molecule has 102 valence electrons. The average Bonchev–Trinajstić information content (AvgIpc) is 2.58. The Hall–Kier alpha value is -1.36. The van der Waals surface area contributed by atoms with E-state index in [1.54, 1.807) is 0 Å². The Balaban J connectivity index is 2.43. The van der Waals surface area contributed by atoms with Crippen molar-refractivity contribution in [3.05, 3.63) is 17.0 Å². The largest absolute Gasteiger partial charge is 0.351 e. The highest BCUT2D eigenvalue weighted by Gasteiger charge is 2.10. The van der Waals surface area contributed by atoms with Crippen molar-refractivity contribution in [3.63, 3.8) is 0 Å². The summed E-state index contributed by atoms with van der Waals surface area (Å²) in [5.41, 5.74) is 3.18. The lowest BCUT2D eigenvalue weighted by Gasteiger charge is -2.11. The van der Waals surface area contributed by atoms with Crippen LogP contribution in [0.4, 0.5) is 0 Å². The zero-order chi connectivity index (χ0) is 13.7. The Morgan fingerprint density at radius 1 is 1.44 bits per heavy atom. The van der Waals surface area contributed by atoms with Gasteiger partial charge >= 0.3 is 0 Å². The van der Waals surface area contributed by atoms with Crippen molar-refractivity contribution in [3.8, 4) is 0 Å². The van der Waals surface area contributed by atoms with Gasteiger partial charge in [0.1, 0.15) is 0 Å². The minimum Gasteiger partial charge on any atom is -0.351 e. The monoisotopic (exact) mass is 252 g/mol. The molecule has 5 nitrogen and oxygen atoms in total. The molecule has 0 saturated heterocycles. The van der Waals surface area contributed by atoms with Gasteiger partial charge in [-0.15, -0.1) is 0 Å². The van der Waals surface area contributed by atoms with E-state index >= 15 is 0 Å². The quantitative estimate of drug-likeness (QED) is 0.795. The van der Waals surface area contributed by atoms with Crippen LogP contribution in [0.2, 0.25) is 0 Å². The van der Waals surface area contributed by atoms with Gasteiger partial charge in [-0.05, 0) is 27.2 Å². The van der Waals surface area contributed by atoms with E-state index < -0.39 is 0 Å². The Labute approximate surface area is 109 Å². The van der Waals surface area contributed by atoms with Crippen molar-refractivity contribution in [1.29, 1.82) is 0 Å². The molecule has 1 rings (SSSR count). The van der Waals surface area contributed by atoms with Crippen molar-refractivity contribution in [2.75, 3.05) is 6.54 Å². The summed E-state index contributed by atoms with van der Waals surface area (Å²) in [4.78, 5) is 11.7. The number of nitrogens with zero attached hydrogens (tertiary/aromatic N) is 2. The van der Waals surface area contributed by atoms with E-state index in [-0.39, 0.29) is 5.91 Å². The van der Waals surface area contributed by atoms with E-state index in [9.17, 15) is 4.79 Å². The molecule has 2 N–H and O–H groups in total. The minimum absolute atomic E-state index is 0.0259. The van der Waals surface area contributed by atoms with Gasteiger partial charge in [-0.2, -0.15) is 5.10 Å². The maximum absolute atomic E-state index is 11.7. The van der Waals surface area contributed by atoms with Crippen LogP contribution in [0.1, 0.15) is 37.2 Å². The number of rotatable bonds is 6. The first-order chi connectivity index (χ1) is 8.45. The number of nitrogens with one attached hydrogen (secondary N) is 2. The Morgan fingerprint density at radius 3 is 2.61 bits per heavy atom. The van der Waals surface area contributed by atoms with Gasteiger partial charge in [0.25, 0.3) is 0 Å². The fourth-order valence-electron chi connectivity index (χ4n) is 1.73. The summed E-state index contributed by atoms with van der Waals surface area (Å²) in [6.07, 6.45) is 1.02. The number of hydrogen-bond donors (Lipinski definition) is 2. The summed E-state index contributed by atoms with van der Waals surface area (Å²) in [5, 5.41) is 10.4. The van der Waals surface area contributed by atoms with Crippen LogP contribution in [-0.2, 0) is 18.4 Å². The molecule has 1 heterocycles. The van der Waals surface area contributed by atoms with Crippen LogP contribution >= 0.6 is 0 Å². The zero-order valence-corrected chi connectivity index (χ0v) is 12.0. The summed E-state index contributed by atoms with van der Waals surface area (Å²) in [5.74, 6) is 0.0259. The van der Waals surface area contributed by atoms with Crippen molar-refractivity contribution < 1.29 is 4.79 Å². The number of carbonyl (C=O) groups is 1. The standard InChI is InChI=1S/C13H24N4O/c1-6-9(2)14-8-13(18)15-7-12-10(3)16-17(5)11(12)4/h9,14H,6-8H2,1-5H3,(H,15,18). The predicted octanol–water partition coefficient (Wildman–Crippen LogP) is 1.04. The molecule has 0 aliphatic rings. The Kier molecular flexibility index (Phi) is 5.34. The van der Waals surface area contributed by atoms with Crippen LogP contribution < -0.4 is 10.6 Å². The third-order valence-corrected chi connectivity index (χ3v) is 3.34. The first kappa shape index (κ1) is 14.7. The fraction of sp³-hybridized carbons (Fsp3) is 0.692. The molecule has 1 amide bonds.